The van der Waals surface area contributed by atoms with Gasteiger partial charge in [-0.3, -0.25) is 4.79 Å². The van der Waals surface area contributed by atoms with Gasteiger partial charge in [0, 0.05) is 6.42 Å². The maximum Gasteiger partial charge on any atom is 0.306 e. The van der Waals surface area contributed by atoms with E-state index < -0.39 is 6.10 Å². The lowest BCUT2D eigenvalue weighted by Crippen LogP contribution is -2.23. The fraction of sp³-hybridized carbons (Fsp3) is 0.625. The van der Waals surface area contributed by atoms with Crippen molar-refractivity contribution < 1.29 is 14.6 Å². The molecule has 1 rings (SSSR count). The fourth-order valence-corrected chi connectivity index (χ4v) is 1.11. The number of allylic oxidation sites excluding steroid dienone is 1. The summed E-state index contributed by atoms with van der Waals surface area (Å²) < 4.78 is 4.84. The first kappa shape index (κ1) is 8.27. The Morgan fingerprint density at radius 1 is 1.82 bits per heavy atom. The van der Waals surface area contributed by atoms with Crippen molar-refractivity contribution >= 4 is 5.97 Å². The maximum absolute atomic E-state index is 10.6. The molecule has 2 atom stereocenters. The molecule has 0 radical (unpaired) electrons. The summed E-state index contributed by atoms with van der Waals surface area (Å²) in [7, 11) is 0. The molecule has 0 saturated carbocycles. The van der Waals surface area contributed by atoms with Gasteiger partial charge in [0.25, 0.3) is 0 Å². The molecule has 1 aliphatic heterocycles. The summed E-state index contributed by atoms with van der Waals surface area (Å²) in [6, 6.07) is 0. The van der Waals surface area contributed by atoms with Crippen LogP contribution < -0.4 is 0 Å². The zero-order valence-corrected chi connectivity index (χ0v) is 6.49. The number of aliphatic hydroxyl groups is 1. The van der Waals surface area contributed by atoms with Gasteiger partial charge in [0.1, 0.15) is 12.2 Å². The summed E-state index contributed by atoms with van der Waals surface area (Å²) in [5.74, 6) is -0.210. The van der Waals surface area contributed by atoms with Crippen LogP contribution in [-0.2, 0) is 9.53 Å². The highest BCUT2D eigenvalue weighted by molar-refractivity contribution is 5.71. The molecule has 62 valence electrons. The third kappa shape index (κ3) is 2.05. The number of aliphatic hydroxyl groups excluding tert-OH is 1. The van der Waals surface area contributed by atoms with Gasteiger partial charge in [-0.25, -0.2) is 0 Å². The molecule has 1 fully saturated rings. The van der Waals surface area contributed by atoms with Crippen LogP contribution in [0.1, 0.15) is 19.8 Å². The summed E-state index contributed by atoms with van der Waals surface area (Å²) in [6.45, 7) is 1.82. The molecular formula is C8H12O3. The van der Waals surface area contributed by atoms with Gasteiger partial charge in [0.05, 0.1) is 0 Å². The van der Waals surface area contributed by atoms with Gasteiger partial charge >= 0.3 is 5.97 Å². The lowest BCUT2D eigenvalue weighted by molar-refractivity contribution is -0.144. The van der Waals surface area contributed by atoms with Crippen LogP contribution in [0.5, 0.6) is 0 Å². The molecule has 1 heterocycles. The first-order valence-corrected chi connectivity index (χ1v) is 3.74. The Bertz CT molecular complexity index is 174. The Hall–Kier alpha value is -0.830. The number of ether oxygens (including phenoxy) is 1. The van der Waals surface area contributed by atoms with E-state index >= 15 is 0 Å². The Labute approximate surface area is 65.7 Å². The minimum absolute atomic E-state index is 0.210. The van der Waals surface area contributed by atoms with Crippen LogP contribution in [0.25, 0.3) is 0 Å². The predicted octanol–water partition coefficient (Wildman–Crippen LogP) is 0.629. The third-order valence-electron chi connectivity index (χ3n) is 1.69. The summed E-state index contributed by atoms with van der Waals surface area (Å²) in [6.07, 6.45) is 3.48. The van der Waals surface area contributed by atoms with E-state index in [4.69, 9.17) is 4.74 Å². The van der Waals surface area contributed by atoms with Gasteiger partial charge in [-0.1, -0.05) is 12.2 Å². The molecule has 3 nitrogen and oxygen atoms in total. The van der Waals surface area contributed by atoms with Crippen molar-refractivity contribution in [2.45, 2.75) is 32.0 Å². The molecule has 0 aliphatic carbocycles. The molecule has 0 unspecified atom stereocenters. The maximum atomic E-state index is 10.6. The minimum atomic E-state index is -0.633. The molecule has 11 heavy (non-hydrogen) atoms. The van der Waals surface area contributed by atoms with Crippen molar-refractivity contribution in [3.8, 4) is 0 Å². The molecule has 3 heteroatoms. The number of rotatable bonds is 2. The van der Waals surface area contributed by atoms with Crippen LogP contribution in [0.3, 0.4) is 0 Å². The fourth-order valence-electron chi connectivity index (χ4n) is 1.11. The van der Waals surface area contributed by atoms with Gasteiger partial charge < -0.3 is 9.84 Å². The average Bonchev–Trinajstić information content (AvgIpc) is 2.36. The summed E-state index contributed by atoms with van der Waals surface area (Å²) in [5.41, 5.74) is 0. The molecule has 0 spiro atoms. The summed E-state index contributed by atoms with van der Waals surface area (Å²) in [5, 5.41) is 9.30. The largest absolute Gasteiger partial charge is 0.459 e. The number of hydrogen-bond acceptors (Lipinski definition) is 3. The van der Waals surface area contributed by atoms with Crippen LogP contribution >= 0.6 is 0 Å². The van der Waals surface area contributed by atoms with Crippen LogP contribution in [0.4, 0.5) is 0 Å². The molecule has 0 bridgehead atoms. The van der Waals surface area contributed by atoms with Crippen molar-refractivity contribution in [1.82, 2.24) is 0 Å². The molecule has 0 aromatic heterocycles. The van der Waals surface area contributed by atoms with E-state index in [9.17, 15) is 9.90 Å². The van der Waals surface area contributed by atoms with E-state index in [2.05, 4.69) is 0 Å². The van der Waals surface area contributed by atoms with Gasteiger partial charge in [-0.15, -0.1) is 0 Å². The van der Waals surface area contributed by atoms with Crippen LogP contribution in [0, 0.1) is 0 Å². The van der Waals surface area contributed by atoms with Gasteiger partial charge in [0.15, 0.2) is 0 Å². The highest BCUT2D eigenvalue weighted by atomic mass is 16.6. The molecule has 0 aromatic carbocycles. The zero-order chi connectivity index (χ0) is 8.27. The Balaban J connectivity index is 2.42. The number of hydrogen-bond donors (Lipinski definition) is 1. The molecule has 0 aromatic rings. The Kier molecular flexibility index (Phi) is 2.65. The second-order valence-electron chi connectivity index (χ2n) is 2.58. The monoisotopic (exact) mass is 156 g/mol. The van der Waals surface area contributed by atoms with Crippen LogP contribution in [0.15, 0.2) is 12.2 Å². The van der Waals surface area contributed by atoms with Gasteiger partial charge in [0.2, 0.25) is 0 Å². The van der Waals surface area contributed by atoms with Crippen LogP contribution in [-0.4, -0.2) is 23.3 Å². The zero-order valence-electron chi connectivity index (χ0n) is 6.49. The quantitative estimate of drug-likeness (QED) is 0.471. The summed E-state index contributed by atoms with van der Waals surface area (Å²) in [4.78, 5) is 10.6. The normalized spacial score (nSPS) is 27.5. The topological polar surface area (TPSA) is 46.5 Å². The third-order valence-corrected chi connectivity index (χ3v) is 1.69. The molecule has 1 aliphatic rings. The predicted molar refractivity (Wildman–Crippen MR) is 39.9 cm³/mol. The van der Waals surface area contributed by atoms with E-state index in [1.54, 1.807) is 12.2 Å². The summed E-state index contributed by atoms with van der Waals surface area (Å²) >= 11 is 0. The number of carbonyl (C=O) groups is 1. The number of cyclic esters (lactones) is 1. The first-order valence-electron chi connectivity index (χ1n) is 3.74. The van der Waals surface area contributed by atoms with Gasteiger partial charge in [-0.05, 0) is 13.3 Å². The smallest absolute Gasteiger partial charge is 0.306 e. The highest BCUT2D eigenvalue weighted by Gasteiger charge is 2.27. The SMILES string of the molecule is C/C=C/[C@H](O)[C@H]1CCC(=O)O1. The molecular weight excluding hydrogens is 144 g/mol. The first-order chi connectivity index (χ1) is 5.24. The number of carbonyl (C=O) groups excluding carboxylic acids is 1. The molecule has 0 amide bonds. The van der Waals surface area contributed by atoms with E-state index in [-0.39, 0.29) is 12.1 Å². The second-order valence-corrected chi connectivity index (χ2v) is 2.58. The lowest BCUT2D eigenvalue weighted by atomic mass is 10.1. The molecule has 1 saturated heterocycles. The van der Waals surface area contributed by atoms with E-state index in [0.717, 1.165) is 0 Å². The van der Waals surface area contributed by atoms with Gasteiger partial charge in [-0.2, -0.15) is 0 Å². The number of esters is 1. The van der Waals surface area contributed by atoms with E-state index in [0.29, 0.717) is 12.8 Å². The van der Waals surface area contributed by atoms with Crippen molar-refractivity contribution in [1.29, 1.82) is 0 Å². The van der Waals surface area contributed by atoms with Crippen LogP contribution in [0.2, 0.25) is 0 Å². The Morgan fingerprint density at radius 2 is 2.55 bits per heavy atom. The van der Waals surface area contributed by atoms with Crippen molar-refractivity contribution in [3.05, 3.63) is 12.2 Å². The highest BCUT2D eigenvalue weighted by Crippen LogP contribution is 2.17. The van der Waals surface area contributed by atoms with E-state index in [1.807, 2.05) is 6.92 Å². The van der Waals surface area contributed by atoms with Crippen molar-refractivity contribution in [3.63, 3.8) is 0 Å². The van der Waals surface area contributed by atoms with Crippen molar-refractivity contribution in [2.24, 2.45) is 0 Å². The van der Waals surface area contributed by atoms with E-state index in [1.165, 1.54) is 0 Å². The standard InChI is InChI=1S/C8H12O3/c1-2-3-6(9)7-4-5-8(10)11-7/h2-3,6-7,9H,4-5H2,1H3/b3-2+/t6-,7+/m0/s1. The lowest BCUT2D eigenvalue weighted by Gasteiger charge is -2.12. The minimum Gasteiger partial charge on any atom is -0.459 e. The average molecular weight is 156 g/mol. The Morgan fingerprint density at radius 3 is 3.00 bits per heavy atom. The van der Waals surface area contributed by atoms with Crippen molar-refractivity contribution in [2.75, 3.05) is 0 Å². The second kappa shape index (κ2) is 3.53. The molecule has 1 N–H and O–H groups in total.